The van der Waals surface area contributed by atoms with Gasteiger partial charge in [0, 0.05) is 32.9 Å². The molecule has 0 aliphatic heterocycles. The molecule has 0 unspecified atom stereocenters. The smallest absolute Gasteiger partial charge is 0.160 e. The Morgan fingerprint density at radius 2 is 1.04 bits per heavy atom. The number of fused-ring (bicyclic) bond motifs is 6. The van der Waals surface area contributed by atoms with Gasteiger partial charge < -0.3 is 4.42 Å². The number of hydrogen-bond acceptors (Lipinski definition) is 3. The summed E-state index contributed by atoms with van der Waals surface area (Å²) in [6, 6.07) is 51.1. The highest BCUT2D eigenvalue weighted by molar-refractivity contribution is 6.07. The standard InChI is InChI=1S/C43H30N2O/c1-43(2)36-23-30(20-21-32(36)34-24-35-33-18-9-10-19-40(33)46-41(35)25-37(34)43)29-16-11-17-31(22-29)42-44-38(27-12-5-3-6-13-27)26-39(45-42)28-14-7-4-8-15-28/h3-26H,1-2H3. The molecular weight excluding hydrogens is 560 g/mol. The predicted octanol–water partition coefficient (Wildman–Crippen LogP) is 11.4. The van der Waals surface area contributed by atoms with Gasteiger partial charge in [0.05, 0.1) is 11.4 Å². The maximum atomic E-state index is 6.28. The molecule has 0 N–H and O–H groups in total. The first-order chi connectivity index (χ1) is 22.5. The van der Waals surface area contributed by atoms with E-state index in [1.165, 1.54) is 33.2 Å². The molecule has 218 valence electrons. The molecule has 46 heavy (non-hydrogen) atoms. The van der Waals surface area contributed by atoms with Crippen LogP contribution in [0.4, 0.5) is 0 Å². The van der Waals surface area contributed by atoms with Gasteiger partial charge in [-0.1, -0.05) is 123 Å². The van der Waals surface area contributed by atoms with Crippen LogP contribution in [0.3, 0.4) is 0 Å². The number of nitrogens with zero attached hydrogens (tertiary/aromatic N) is 2. The highest BCUT2D eigenvalue weighted by Gasteiger charge is 2.36. The number of benzene rings is 6. The Hall–Kier alpha value is -5.80. The number of rotatable bonds is 4. The van der Waals surface area contributed by atoms with Gasteiger partial charge in [0.15, 0.2) is 5.82 Å². The third-order valence-electron chi connectivity index (χ3n) is 9.49. The summed E-state index contributed by atoms with van der Waals surface area (Å²) in [5.41, 5.74) is 14.2. The van der Waals surface area contributed by atoms with Gasteiger partial charge in [-0.2, -0.15) is 0 Å². The van der Waals surface area contributed by atoms with Gasteiger partial charge in [0.1, 0.15) is 11.2 Å². The predicted molar refractivity (Wildman–Crippen MR) is 189 cm³/mol. The number of hydrogen-bond donors (Lipinski definition) is 0. The van der Waals surface area contributed by atoms with E-state index in [1.54, 1.807) is 0 Å². The largest absolute Gasteiger partial charge is 0.456 e. The highest BCUT2D eigenvalue weighted by atomic mass is 16.3. The molecule has 9 rings (SSSR count). The van der Waals surface area contributed by atoms with E-state index in [-0.39, 0.29) is 5.41 Å². The Balaban J connectivity index is 1.15. The minimum atomic E-state index is -0.164. The molecule has 0 saturated heterocycles. The molecule has 0 radical (unpaired) electrons. The van der Waals surface area contributed by atoms with Crippen LogP contribution in [0.2, 0.25) is 0 Å². The van der Waals surface area contributed by atoms with E-state index < -0.39 is 0 Å². The van der Waals surface area contributed by atoms with Gasteiger partial charge in [-0.25, -0.2) is 9.97 Å². The Labute approximate surface area is 267 Å². The van der Waals surface area contributed by atoms with Crippen molar-refractivity contribution in [3.8, 4) is 56.2 Å². The maximum absolute atomic E-state index is 6.28. The lowest BCUT2D eigenvalue weighted by Gasteiger charge is -2.22. The summed E-state index contributed by atoms with van der Waals surface area (Å²) < 4.78 is 6.28. The second kappa shape index (κ2) is 10.1. The summed E-state index contributed by atoms with van der Waals surface area (Å²) in [5, 5.41) is 2.33. The zero-order valence-electron chi connectivity index (χ0n) is 25.7. The second-order valence-electron chi connectivity index (χ2n) is 12.7. The average Bonchev–Trinajstić information content (AvgIpc) is 3.59. The molecule has 0 atom stereocenters. The van der Waals surface area contributed by atoms with Crippen LogP contribution in [0.25, 0.3) is 78.1 Å². The summed E-state index contributed by atoms with van der Waals surface area (Å²) in [5.74, 6) is 0.714. The molecule has 0 saturated carbocycles. The Kier molecular flexibility index (Phi) is 5.85. The molecule has 6 aromatic carbocycles. The third kappa shape index (κ3) is 4.20. The Bertz CT molecular complexity index is 2380. The maximum Gasteiger partial charge on any atom is 0.160 e. The SMILES string of the molecule is CC1(C)c2cc(-c3cccc(-c4nc(-c5ccccc5)cc(-c5ccccc5)n4)c3)ccc2-c2cc3c(cc21)oc1ccccc13. The lowest BCUT2D eigenvalue weighted by Crippen LogP contribution is -2.15. The molecule has 1 aliphatic carbocycles. The van der Waals surface area contributed by atoms with Crippen molar-refractivity contribution in [2.24, 2.45) is 0 Å². The first-order valence-corrected chi connectivity index (χ1v) is 15.7. The van der Waals surface area contributed by atoms with Crippen molar-refractivity contribution in [3.05, 3.63) is 157 Å². The van der Waals surface area contributed by atoms with Crippen molar-refractivity contribution in [2.45, 2.75) is 19.3 Å². The molecule has 3 heteroatoms. The van der Waals surface area contributed by atoms with Crippen LogP contribution in [0.15, 0.2) is 150 Å². The van der Waals surface area contributed by atoms with Crippen LogP contribution in [0.1, 0.15) is 25.0 Å². The van der Waals surface area contributed by atoms with Crippen LogP contribution in [-0.4, -0.2) is 9.97 Å². The van der Waals surface area contributed by atoms with Crippen molar-refractivity contribution in [2.75, 3.05) is 0 Å². The van der Waals surface area contributed by atoms with Gasteiger partial charge in [0.2, 0.25) is 0 Å². The van der Waals surface area contributed by atoms with Gasteiger partial charge in [-0.3, -0.25) is 0 Å². The van der Waals surface area contributed by atoms with Crippen LogP contribution in [-0.2, 0) is 5.41 Å². The van der Waals surface area contributed by atoms with Crippen molar-refractivity contribution in [1.29, 1.82) is 0 Å². The molecule has 0 spiro atoms. The summed E-state index contributed by atoms with van der Waals surface area (Å²) >= 11 is 0. The summed E-state index contributed by atoms with van der Waals surface area (Å²) in [6.45, 7) is 4.64. The zero-order chi connectivity index (χ0) is 30.8. The highest BCUT2D eigenvalue weighted by Crippen LogP contribution is 2.51. The van der Waals surface area contributed by atoms with Gasteiger partial charge in [-0.05, 0) is 69.8 Å². The number of aromatic nitrogens is 2. The molecule has 0 fully saturated rings. The van der Waals surface area contributed by atoms with Crippen molar-refractivity contribution in [3.63, 3.8) is 0 Å². The van der Waals surface area contributed by atoms with E-state index in [9.17, 15) is 0 Å². The first kappa shape index (κ1) is 26.6. The Morgan fingerprint density at radius 1 is 0.435 bits per heavy atom. The molecule has 3 nitrogen and oxygen atoms in total. The van der Waals surface area contributed by atoms with E-state index >= 15 is 0 Å². The molecule has 0 bridgehead atoms. The van der Waals surface area contributed by atoms with Crippen molar-refractivity contribution in [1.82, 2.24) is 9.97 Å². The van der Waals surface area contributed by atoms with Crippen LogP contribution in [0.5, 0.6) is 0 Å². The van der Waals surface area contributed by atoms with E-state index in [2.05, 4.69) is 111 Å². The molecule has 0 amide bonds. The molecule has 2 heterocycles. The van der Waals surface area contributed by atoms with Crippen LogP contribution < -0.4 is 0 Å². The monoisotopic (exact) mass is 590 g/mol. The molecular formula is C43H30N2O. The zero-order valence-corrected chi connectivity index (χ0v) is 25.7. The fourth-order valence-corrected chi connectivity index (χ4v) is 7.06. The molecule has 8 aromatic rings. The van der Waals surface area contributed by atoms with E-state index in [1.807, 2.05) is 48.5 Å². The van der Waals surface area contributed by atoms with Crippen LogP contribution >= 0.6 is 0 Å². The number of para-hydroxylation sites is 1. The fourth-order valence-electron chi connectivity index (χ4n) is 7.06. The summed E-state index contributed by atoms with van der Waals surface area (Å²) in [4.78, 5) is 10.1. The van der Waals surface area contributed by atoms with E-state index in [4.69, 9.17) is 14.4 Å². The first-order valence-electron chi connectivity index (χ1n) is 15.7. The van der Waals surface area contributed by atoms with Gasteiger partial charge in [0.25, 0.3) is 0 Å². The van der Waals surface area contributed by atoms with Crippen LogP contribution in [0, 0.1) is 0 Å². The molecule has 2 aromatic heterocycles. The minimum Gasteiger partial charge on any atom is -0.456 e. The second-order valence-corrected chi connectivity index (χ2v) is 12.7. The number of furan rings is 1. The van der Waals surface area contributed by atoms with Crippen molar-refractivity contribution >= 4 is 21.9 Å². The van der Waals surface area contributed by atoms with E-state index in [0.717, 1.165) is 50.2 Å². The third-order valence-corrected chi connectivity index (χ3v) is 9.49. The molecule has 1 aliphatic rings. The van der Waals surface area contributed by atoms with Crippen molar-refractivity contribution < 1.29 is 4.42 Å². The lowest BCUT2D eigenvalue weighted by atomic mass is 9.81. The van der Waals surface area contributed by atoms with E-state index in [0.29, 0.717) is 5.82 Å². The Morgan fingerprint density at radius 3 is 1.78 bits per heavy atom. The van der Waals surface area contributed by atoms with Gasteiger partial charge >= 0.3 is 0 Å². The average molecular weight is 591 g/mol. The fraction of sp³-hybridized carbons (Fsp3) is 0.0698. The normalized spacial score (nSPS) is 13.2. The quantitative estimate of drug-likeness (QED) is 0.205. The summed E-state index contributed by atoms with van der Waals surface area (Å²) in [6.07, 6.45) is 0. The van der Waals surface area contributed by atoms with Gasteiger partial charge in [-0.15, -0.1) is 0 Å². The summed E-state index contributed by atoms with van der Waals surface area (Å²) in [7, 11) is 0. The lowest BCUT2D eigenvalue weighted by molar-refractivity contribution is 0.647. The minimum absolute atomic E-state index is 0.164. The topological polar surface area (TPSA) is 38.9 Å².